The zero-order valence-electron chi connectivity index (χ0n) is 20.5. The predicted octanol–water partition coefficient (Wildman–Crippen LogP) is 2.63. The molecule has 6 heteroatoms. The van der Waals surface area contributed by atoms with Crippen molar-refractivity contribution in [2.24, 2.45) is 46.3 Å². The fourth-order valence-corrected chi connectivity index (χ4v) is 9.84. The predicted molar refractivity (Wildman–Crippen MR) is 122 cm³/mol. The van der Waals surface area contributed by atoms with Gasteiger partial charge in [-0.25, -0.2) is 0 Å². The van der Waals surface area contributed by atoms with E-state index >= 15 is 0 Å². The zero-order chi connectivity index (χ0) is 23.5. The molecule has 33 heavy (non-hydrogen) atoms. The average molecular weight is 463 g/mol. The van der Waals surface area contributed by atoms with Crippen molar-refractivity contribution < 1.29 is 29.9 Å². The lowest BCUT2D eigenvalue weighted by atomic mass is 9.46. The minimum absolute atomic E-state index is 0.00639. The Bertz CT molecular complexity index is 844. The molecule has 0 amide bonds. The number of hydrogen-bond donors (Lipinski definition) is 4. The summed E-state index contributed by atoms with van der Waals surface area (Å²) in [5, 5.41) is 43.1. The highest BCUT2D eigenvalue weighted by molar-refractivity contribution is 5.28. The van der Waals surface area contributed by atoms with Crippen LogP contribution in [0.15, 0.2) is 11.6 Å². The van der Waals surface area contributed by atoms with Gasteiger partial charge in [-0.15, -0.1) is 0 Å². The second kappa shape index (κ2) is 7.27. The fourth-order valence-electron chi connectivity index (χ4n) is 9.84. The summed E-state index contributed by atoms with van der Waals surface area (Å²) in [6, 6.07) is 0. The summed E-state index contributed by atoms with van der Waals surface area (Å²) in [5.41, 5.74) is 1.12. The smallest absolute Gasteiger partial charge is 0.200 e. The van der Waals surface area contributed by atoms with Crippen LogP contribution in [0.25, 0.3) is 0 Å². The molecule has 5 fully saturated rings. The standard InChI is InChI=1S/C27H42O6/c1-13-12-32-27(24(31)23(13)30)14(2)22-20(33-27)11-19-17-6-5-15-9-16(28)10-21(29)26(15,4)18(17)7-8-25(19,22)3/h5,13-14,16-24,28-31H,6-12H2,1-4H3/t13?,14-,16?,17+,18-,19-,20-,21?,22-,23?,24?,25-,26-,27-/m0/s1. The van der Waals surface area contributed by atoms with E-state index in [-0.39, 0.29) is 34.7 Å². The number of rotatable bonds is 0. The van der Waals surface area contributed by atoms with E-state index in [1.165, 1.54) is 5.57 Å². The highest BCUT2D eigenvalue weighted by atomic mass is 16.7. The lowest BCUT2D eigenvalue weighted by Crippen LogP contribution is -2.62. The summed E-state index contributed by atoms with van der Waals surface area (Å²) in [5.74, 6) is 0.520. The number of hydrogen-bond acceptors (Lipinski definition) is 6. The van der Waals surface area contributed by atoms with Crippen molar-refractivity contribution in [3.63, 3.8) is 0 Å². The quantitative estimate of drug-likeness (QED) is 0.413. The first-order valence-electron chi connectivity index (χ1n) is 13.3. The molecule has 0 aromatic heterocycles. The molecule has 6 nitrogen and oxygen atoms in total. The normalized spacial score (nSPS) is 62.3. The Morgan fingerprint density at radius 1 is 1.03 bits per heavy atom. The summed E-state index contributed by atoms with van der Waals surface area (Å²) in [4.78, 5) is 0. The van der Waals surface area contributed by atoms with Crippen LogP contribution in [-0.2, 0) is 9.47 Å². The van der Waals surface area contributed by atoms with Crippen molar-refractivity contribution in [2.45, 2.75) is 103 Å². The van der Waals surface area contributed by atoms with Gasteiger partial charge in [0.1, 0.15) is 6.10 Å². The molecule has 6 aliphatic rings. The molecule has 1 spiro atoms. The first-order chi connectivity index (χ1) is 15.5. The number of aliphatic hydroxyl groups excluding tert-OH is 4. The Balaban J connectivity index is 1.31. The van der Waals surface area contributed by atoms with Gasteiger partial charge in [0.05, 0.1) is 31.0 Å². The molecule has 186 valence electrons. The molecule has 4 N–H and O–H groups in total. The van der Waals surface area contributed by atoms with E-state index in [1.54, 1.807) is 0 Å². The molecule has 2 aliphatic heterocycles. The monoisotopic (exact) mass is 462 g/mol. The lowest BCUT2D eigenvalue weighted by Gasteiger charge is -2.59. The highest BCUT2D eigenvalue weighted by Gasteiger charge is 2.71. The van der Waals surface area contributed by atoms with Gasteiger partial charge in [0.15, 0.2) is 5.79 Å². The molecule has 5 unspecified atom stereocenters. The van der Waals surface area contributed by atoms with Crippen molar-refractivity contribution in [1.82, 2.24) is 0 Å². The SMILES string of the molecule is CC1CO[C@@]2(O[C@H]3C[C@H]4[C@@H]5CC=C6CC(O)CC(O)[C@]6(C)[C@H]5CC[C@]4(C)[C@H]3[C@@H]2C)C(O)C1O. The van der Waals surface area contributed by atoms with E-state index in [0.717, 1.165) is 25.7 Å². The van der Waals surface area contributed by atoms with E-state index in [0.29, 0.717) is 37.2 Å². The van der Waals surface area contributed by atoms with Gasteiger partial charge in [-0.05, 0) is 61.2 Å². The Labute approximate surface area is 197 Å². The fraction of sp³-hybridized carbons (Fsp3) is 0.926. The van der Waals surface area contributed by atoms with Gasteiger partial charge in [-0.2, -0.15) is 0 Å². The molecule has 0 bridgehead atoms. The zero-order valence-corrected chi connectivity index (χ0v) is 20.5. The van der Waals surface area contributed by atoms with Crippen molar-refractivity contribution >= 4 is 0 Å². The summed E-state index contributed by atoms with van der Waals surface area (Å²) >= 11 is 0. The number of ether oxygens (including phenoxy) is 2. The first-order valence-corrected chi connectivity index (χ1v) is 13.3. The van der Waals surface area contributed by atoms with E-state index in [1.807, 2.05) is 6.92 Å². The highest BCUT2D eigenvalue weighted by Crippen LogP contribution is 2.70. The van der Waals surface area contributed by atoms with Crippen molar-refractivity contribution in [2.75, 3.05) is 6.61 Å². The Morgan fingerprint density at radius 2 is 1.79 bits per heavy atom. The number of allylic oxidation sites excluding steroid dienone is 1. The third-order valence-electron chi connectivity index (χ3n) is 11.7. The molecule has 0 aromatic rings. The minimum atomic E-state index is -1.10. The van der Waals surface area contributed by atoms with Gasteiger partial charge in [-0.1, -0.05) is 39.3 Å². The van der Waals surface area contributed by atoms with E-state index in [4.69, 9.17) is 9.47 Å². The Kier molecular flexibility index (Phi) is 5.05. The lowest BCUT2D eigenvalue weighted by molar-refractivity contribution is -0.338. The van der Waals surface area contributed by atoms with Gasteiger partial charge >= 0.3 is 0 Å². The molecule has 6 rings (SSSR count). The molecular weight excluding hydrogens is 420 g/mol. The van der Waals surface area contributed by atoms with E-state index in [2.05, 4.69) is 26.8 Å². The maximum atomic E-state index is 11.1. The van der Waals surface area contributed by atoms with Crippen LogP contribution in [-0.4, -0.2) is 63.3 Å². The molecule has 0 radical (unpaired) electrons. The molecule has 3 saturated carbocycles. The van der Waals surface area contributed by atoms with E-state index < -0.39 is 30.2 Å². The topological polar surface area (TPSA) is 99.4 Å². The van der Waals surface area contributed by atoms with Crippen LogP contribution in [0.5, 0.6) is 0 Å². The second-order valence-corrected chi connectivity index (χ2v) is 12.9. The molecule has 0 aromatic carbocycles. The number of aliphatic hydroxyl groups is 4. The van der Waals surface area contributed by atoms with Gasteiger partial charge in [0.25, 0.3) is 0 Å². The van der Waals surface area contributed by atoms with Crippen LogP contribution >= 0.6 is 0 Å². The molecule has 2 heterocycles. The maximum absolute atomic E-state index is 11.1. The molecule has 2 saturated heterocycles. The van der Waals surface area contributed by atoms with Crippen molar-refractivity contribution in [1.29, 1.82) is 0 Å². The molecular formula is C27H42O6. The third-order valence-corrected chi connectivity index (χ3v) is 11.7. The third kappa shape index (κ3) is 2.77. The van der Waals surface area contributed by atoms with Crippen LogP contribution in [0.1, 0.15) is 66.2 Å². The summed E-state index contributed by atoms with van der Waals surface area (Å²) in [6.45, 7) is 9.14. The summed E-state index contributed by atoms with van der Waals surface area (Å²) < 4.78 is 12.8. The van der Waals surface area contributed by atoms with Crippen molar-refractivity contribution in [3.8, 4) is 0 Å². The van der Waals surface area contributed by atoms with Crippen LogP contribution in [0.3, 0.4) is 0 Å². The van der Waals surface area contributed by atoms with Crippen LogP contribution in [0, 0.1) is 46.3 Å². The van der Waals surface area contributed by atoms with E-state index in [9.17, 15) is 20.4 Å². The van der Waals surface area contributed by atoms with Crippen LogP contribution in [0.2, 0.25) is 0 Å². The largest absolute Gasteiger partial charge is 0.393 e. The number of fused-ring (bicyclic) bond motifs is 7. The average Bonchev–Trinajstić information content (AvgIpc) is 3.22. The summed E-state index contributed by atoms with van der Waals surface area (Å²) in [7, 11) is 0. The first kappa shape index (κ1) is 22.9. The molecule has 4 aliphatic carbocycles. The molecule has 14 atom stereocenters. The van der Waals surface area contributed by atoms with Crippen LogP contribution in [0.4, 0.5) is 0 Å². The van der Waals surface area contributed by atoms with Gasteiger partial charge in [-0.3, -0.25) is 0 Å². The second-order valence-electron chi connectivity index (χ2n) is 12.9. The maximum Gasteiger partial charge on any atom is 0.200 e. The summed E-state index contributed by atoms with van der Waals surface area (Å²) in [6.07, 6.45) is 4.89. The van der Waals surface area contributed by atoms with Crippen molar-refractivity contribution in [3.05, 3.63) is 11.6 Å². The van der Waals surface area contributed by atoms with Gasteiger partial charge in [0.2, 0.25) is 0 Å². The minimum Gasteiger partial charge on any atom is -0.393 e. The van der Waals surface area contributed by atoms with Gasteiger partial charge < -0.3 is 29.9 Å². The Morgan fingerprint density at radius 3 is 2.55 bits per heavy atom. The Hall–Kier alpha value is -0.500. The van der Waals surface area contributed by atoms with Gasteiger partial charge in [0, 0.05) is 23.7 Å². The van der Waals surface area contributed by atoms with Crippen LogP contribution < -0.4 is 0 Å².